The first-order valence-corrected chi connectivity index (χ1v) is 9.31. The van der Waals surface area contributed by atoms with E-state index in [4.69, 9.17) is 23.2 Å². The Morgan fingerprint density at radius 3 is 2.39 bits per heavy atom. The van der Waals surface area contributed by atoms with Crippen LogP contribution in [-0.4, -0.2) is 18.2 Å². The average Bonchev–Trinajstić information content (AvgIpc) is 2.56. The van der Waals surface area contributed by atoms with E-state index in [1.165, 1.54) is 17.3 Å². The zero-order valence-corrected chi connectivity index (χ0v) is 15.2. The Balaban J connectivity index is 1.73. The normalized spacial score (nSPS) is 12.0. The molecule has 5 heteroatoms. The van der Waals surface area contributed by atoms with Crippen LogP contribution in [0.2, 0.25) is 10.0 Å². The van der Waals surface area contributed by atoms with Gasteiger partial charge in [0.05, 0.1) is 5.75 Å². The van der Waals surface area contributed by atoms with Crippen molar-refractivity contribution in [3.05, 3.63) is 69.7 Å². The molecule has 23 heavy (non-hydrogen) atoms. The highest BCUT2D eigenvalue weighted by Crippen LogP contribution is 2.28. The smallest absolute Gasteiger partial charge is 0.230 e. The van der Waals surface area contributed by atoms with Crippen molar-refractivity contribution >= 4 is 40.9 Å². The first-order valence-electron chi connectivity index (χ1n) is 7.40. The van der Waals surface area contributed by atoms with E-state index in [-0.39, 0.29) is 5.91 Å². The molecule has 122 valence electrons. The Labute approximate surface area is 151 Å². The topological polar surface area (TPSA) is 29.1 Å². The van der Waals surface area contributed by atoms with E-state index < -0.39 is 0 Å². The summed E-state index contributed by atoms with van der Waals surface area (Å²) in [4.78, 5) is 11.9. The molecule has 1 N–H and O–H groups in total. The summed E-state index contributed by atoms with van der Waals surface area (Å²) in [5, 5.41) is 4.25. The lowest BCUT2D eigenvalue weighted by molar-refractivity contribution is -0.118. The van der Waals surface area contributed by atoms with Crippen molar-refractivity contribution in [2.75, 3.05) is 12.3 Å². The molecule has 0 aliphatic rings. The number of carbonyl (C=O) groups is 1. The van der Waals surface area contributed by atoms with Crippen molar-refractivity contribution in [2.45, 2.75) is 18.6 Å². The van der Waals surface area contributed by atoms with Crippen LogP contribution in [0.5, 0.6) is 0 Å². The molecule has 2 nitrogen and oxygen atoms in total. The number of halogens is 2. The quantitative estimate of drug-likeness (QED) is 0.733. The van der Waals surface area contributed by atoms with Gasteiger partial charge in [0.25, 0.3) is 0 Å². The van der Waals surface area contributed by atoms with Gasteiger partial charge in [-0.25, -0.2) is 0 Å². The van der Waals surface area contributed by atoms with Crippen molar-refractivity contribution in [1.82, 2.24) is 5.32 Å². The first-order chi connectivity index (χ1) is 11.1. The summed E-state index contributed by atoms with van der Waals surface area (Å²) in [5.41, 5.74) is 2.11. The van der Waals surface area contributed by atoms with E-state index in [1.54, 1.807) is 0 Å². The number of hydrogen-bond acceptors (Lipinski definition) is 2. The van der Waals surface area contributed by atoms with Crippen molar-refractivity contribution < 1.29 is 4.79 Å². The molecule has 2 rings (SSSR count). The largest absolute Gasteiger partial charge is 0.355 e. The van der Waals surface area contributed by atoms with Gasteiger partial charge in [-0.15, -0.1) is 11.8 Å². The minimum Gasteiger partial charge on any atom is -0.355 e. The van der Waals surface area contributed by atoms with Gasteiger partial charge in [0, 0.05) is 22.3 Å². The molecule has 0 fully saturated rings. The zero-order valence-electron chi connectivity index (χ0n) is 12.9. The highest BCUT2D eigenvalue weighted by Gasteiger charge is 2.09. The zero-order chi connectivity index (χ0) is 16.7. The van der Waals surface area contributed by atoms with Crippen LogP contribution in [0.3, 0.4) is 0 Å². The molecule has 2 aromatic rings. The average molecular weight is 368 g/mol. The third-order valence-corrected chi connectivity index (χ3v) is 5.18. The van der Waals surface area contributed by atoms with Crippen LogP contribution < -0.4 is 5.32 Å². The fourth-order valence-electron chi connectivity index (χ4n) is 2.13. The molecule has 0 bridgehead atoms. The van der Waals surface area contributed by atoms with E-state index >= 15 is 0 Å². The Hall–Kier alpha value is -1.16. The second-order valence-corrected chi connectivity index (χ2v) is 7.11. The Bertz CT molecular complexity index is 628. The van der Waals surface area contributed by atoms with Gasteiger partial charge in [-0.05, 0) is 29.2 Å². The molecular formula is C18H19Cl2NOS. The maximum absolute atomic E-state index is 11.9. The lowest BCUT2D eigenvalue weighted by Gasteiger charge is -2.13. The van der Waals surface area contributed by atoms with Crippen LogP contribution in [0.1, 0.15) is 24.0 Å². The van der Waals surface area contributed by atoms with Crippen LogP contribution in [0, 0.1) is 0 Å². The minimum atomic E-state index is 0.0287. The summed E-state index contributed by atoms with van der Waals surface area (Å²) in [6.45, 7) is 2.74. The van der Waals surface area contributed by atoms with E-state index in [2.05, 4.69) is 24.4 Å². The van der Waals surface area contributed by atoms with Gasteiger partial charge in [-0.3, -0.25) is 4.79 Å². The van der Waals surface area contributed by atoms with Crippen LogP contribution in [-0.2, 0) is 10.5 Å². The molecule has 1 unspecified atom stereocenters. The fraction of sp³-hybridized carbons (Fsp3) is 0.278. The third-order valence-electron chi connectivity index (χ3n) is 3.52. The number of hydrogen-bond donors (Lipinski definition) is 1. The van der Waals surface area contributed by atoms with E-state index in [1.807, 2.05) is 36.4 Å². The second-order valence-electron chi connectivity index (χ2n) is 5.31. The molecule has 0 saturated heterocycles. The number of amides is 1. The number of benzene rings is 2. The summed E-state index contributed by atoms with van der Waals surface area (Å²) in [5.74, 6) is 1.34. The van der Waals surface area contributed by atoms with Crippen molar-refractivity contribution in [2.24, 2.45) is 0 Å². The van der Waals surface area contributed by atoms with Crippen LogP contribution in [0.25, 0.3) is 0 Å². The molecule has 0 heterocycles. The van der Waals surface area contributed by atoms with Gasteiger partial charge in [0.1, 0.15) is 0 Å². The van der Waals surface area contributed by atoms with Gasteiger partial charge in [0.2, 0.25) is 5.91 Å². The van der Waals surface area contributed by atoms with Gasteiger partial charge in [0.15, 0.2) is 0 Å². The standard InChI is InChI=1S/C18H19Cl2NOS/c1-13(14-6-3-2-4-7-14)10-21-18(22)12-23-11-15-16(19)8-5-9-17(15)20/h2-9,13H,10-12H2,1H3,(H,21,22). The number of thioether (sulfide) groups is 1. The number of carbonyl (C=O) groups excluding carboxylic acids is 1. The molecular weight excluding hydrogens is 349 g/mol. The predicted octanol–water partition coefficient (Wildman–Crippen LogP) is 5.15. The van der Waals surface area contributed by atoms with Crippen LogP contribution >= 0.6 is 35.0 Å². The first kappa shape index (κ1) is 18.2. The molecule has 0 aliphatic carbocycles. The highest BCUT2D eigenvalue weighted by atomic mass is 35.5. The van der Waals surface area contributed by atoms with Gasteiger partial charge in [-0.2, -0.15) is 0 Å². The highest BCUT2D eigenvalue weighted by molar-refractivity contribution is 7.99. The molecule has 1 atom stereocenters. The van der Waals surface area contributed by atoms with Gasteiger partial charge < -0.3 is 5.32 Å². The summed E-state index contributed by atoms with van der Waals surface area (Å²) in [6.07, 6.45) is 0. The van der Waals surface area contributed by atoms with Gasteiger partial charge in [-0.1, -0.05) is 66.5 Å². The third kappa shape index (κ3) is 5.76. The van der Waals surface area contributed by atoms with Crippen LogP contribution in [0.4, 0.5) is 0 Å². The van der Waals surface area contributed by atoms with E-state index in [0.29, 0.717) is 34.0 Å². The lowest BCUT2D eigenvalue weighted by atomic mass is 10.0. The monoisotopic (exact) mass is 367 g/mol. The Kier molecular flexibility index (Phi) is 7.28. The molecule has 0 spiro atoms. The molecule has 1 amide bonds. The lowest BCUT2D eigenvalue weighted by Crippen LogP contribution is -2.29. The second kappa shape index (κ2) is 9.21. The van der Waals surface area contributed by atoms with Crippen molar-refractivity contribution in [1.29, 1.82) is 0 Å². The Morgan fingerprint density at radius 1 is 1.09 bits per heavy atom. The number of rotatable bonds is 7. The summed E-state index contributed by atoms with van der Waals surface area (Å²) in [6, 6.07) is 15.6. The molecule has 2 aromatic carbocycles. The number of nitrogens with one attached hydrogen (secondary N) is 1. The summed E-state index contributed by atoms with van der Waals surface area (Å²) < 4.78 is 0. The van der Waals surface area contributed by atoms with Crippen LogP contribution in [0.15, 0.2) is 48.5 Å². The van der Waals surface area contributed by atoms with Gasteiger partial charge >= 0.3 is 0 Å². The molecule has 0 aliphatic heterocycles. The maximum atomic E-state index is 11.9. The Morgan fingerprint density at radius 2 is 1.74 bits per heavy atom. The van der Waals surface area contributed by atoms with E-state index in [9.17, 15) is 4.79 Å². The molecule has 0 saturated carbocycles. The van der Waals surface area contributed by atoms with Crippen molar-refractivity contribution in [3.63, 3.8) is 0 Å². The van der Waals surface area contributed by atoms with E-state index in [0.717, 1.165) is 5.56 Å². The summed E-state index contributed by atoms with van der Waals surface area (Å²) >= 11 is 13.7. The van der Waals surface area contributed by atoms with Crippen molar-refractivity contribution in [3.8, 4) is 0 Å². The summed E-state index contributed by atoms with van der Waals surface area (Å²) in [7, 11) is 0. The maximum Gasteiger partial charge on any atom is 0.230 e. The SMILES string of the molecule is CC(CNC(=O)CSCc1c(Cl)cccc1Cl)c1ccccc1. The molecule has 0 aromatic heterocycles. The fourth-order valence-corrected chi connectivity index (χ4v) is 3.73. The minimum absolute atomic E-state index is 0.0287. The predicted molar refractivity (Wildman–Crippen MR) is 100 cm³/mol. The molecule has 0 radical (unpaired) electrons.